The highest BCUT2D eigenvalue weighted by atomic mass is 16.5. The van der Waals surface area contributed by atoms with Gasteiger partial charge in [0.1, 0.15) is 11.4 Å². The number of benzene rings is 2. The van der Waals surface area contributed by atoms with E-state index >= 15 is 0 Å². The van der Waals surface area contributed by atoms with Crippen LogP contribution in [0.15, 0.2) is 48.5 Å². The quantitative estimate of drug-likeness (QED) is 0.786. The highest BCUT2D eigenvalue weighted by Gasteiger charge is 2.44. The van der Waals surface area contributed by atoms with Crippen molar-refractivity contribution in [3.05, 3.63) is 59.7 Å². The minimum atomic E-state index is -0.362. The van der Waals surface area contributed by atoms with Crippen LogP contribution in [0.25, 0.3) is 0 Å². The predicted molar refractivity (Wildman–Crippen MR) is 107 cm³/mol. The predicted octanol–water partition coefficient (Wildman–Crippen LogP) is 2.90. The summed E-state index contributed by atoms with van der Waals surface area (Å²) in [6.45, 7) is 2.79. The number of hydrogen-bond donors (Lipinski definition) is 2. The number of nitrogens with two attached hydrogens (primary N) is 1. The van der Waals surface area contributed by atoms with Gasteiger partial charge < -0.3 is 20.7 Å². The molecule has 4 rings (SSSR count). The SMILES string of the molecule is CC(=O)NC1CC2(CCN(C(=O)c3ccc(N)cc3)CC2)Oc2ccccc21. The van der Waals surface area contributed by atoms with Gasteiger partial charge in [-0.25, -0.2) is 0 Å². The van der Waals surface area contributed by atoms with E-state index in [0.717, 1.165) is 24.2 Å². The summed E-state index contributed by atoms with van der Waals surface area (Å²) in [5.41, 5.74) is 7.66. The van der Waals surface area contributed by atoms with E-state index in [9.17, 15) is 9.59 Å². The smallest absolute Gasteiger partial charge is 0.253 e. The van der Waals surface area contributed by atoms with Crippen molar-refractivity contribution in [3.63, 3.8) is 0 Å². The number of nitrogens with zero attached hydrogens (tertiary/aromatic N) is 1. The molecule has 2 heterocycles. The van der Waals surface area contributed by atoms with Crippen LogP contribution < -0.4 is 15.8 Å². The Morgan fingerprint density at radius 3 is 2.46 bits per heavy atom. The van der Waals surface area contributed by atoms with Gasteiger partial charge in [0, 0.05) is 56.1 Å². The lowest BCUT2D eigenvalue weighted by molar-refractivity contribution is -0.120. The summed E-state index contributed by atoms with van der Waals surface area (Å²) < 4.78 is 6.42. The maximum atomic E-state index is 12.8. The van der Waals surface area contributed by atoms with Gasteiger partial charge in [0.25, 0.3) is 5.91 Å². The molecule has 28 heavy (non-hydrogen) atoms. The summed E-state index contributed by atoms with van der Waals surface area (Å²) in [6.07, 6.45) is 2.18. The van der Waals surface area contributed by atoms with E-state index in [4.69, 9.17) is 10.5 Å². The van der Waals surface area contributed by atoms with Gasteiger partial charge in [0.05, 0.1) is 6.04 Å². The summed E-state index contributed by atoms with van der Waals surface area (Å²) in [5.74, 6) is 0.795. The zero-order valence-electron chi connectivity index (χ0n) is 16.0. The van der Waals surface area contributed by atoms with E-state index in [-0.39, 0.29) is 23.5 Å². The Balaban J connectivity index is 1.49. The van der Waals surface area contributed by atoms with E-state index in [1.165, 1.54) is 0 Å². The van der Waals surface area contributed by atoms with Crippen LogP contribution in [0.4, 0.5) is 5.69 Å². The number of para-hydroxylation sites is 1. The number of anilines is 1. The van der Waals surface area contributed by atoms with Gasteiger partial charge >= 0.3 is 0 Å². The van der Waals surface area contributed by atoms with Gasteiger partial charge in [-0.3, -0.25) is 9.59 Å². The molecule has 6 nitrogen and oxygen atoms in total. The fraction of sp³-hybridized carbons (Fsp3) is 0.364. The molecule has 1 atom stereocenters. The minimum Gasteiger partial charge on any atom is -0.487 e. The fourth-order valence-electron chi connectivity index (χ4n) is 4.22. The lowest BCUT2D eigenvalue weighted by Crippen LogP contribution is -2.53. The molecular formula is C22H25N3O3. The Kier molecular flexibility index (Phi) is 4.71. The highest BCUT2D eigenvalue weighted by molar-refractivity contribution is 5.94. The molecule has 2 amide bonds. The first kappa shape index (κ1) is 18.3. The molecule has 1 saturated heterocycles. The third kappa shape index (κ3) is 3.54. The summed E-state index contributed by atoms with van der Waals surface area (Å²) in [4.78, 5) is 26.3. The van der Waals surface area contributed by atoms with Crippen molar-refractivity contribution in [2.24, 2.45) is 0 Å². The van der Waals surface area contributed by atoms with Crippen LogP contribution in [0.3, 0.4) is 0 Å². The number of fused-ring (bicyclic) bond motifs is 1. The second-order valence-corrected chi connectivity index (χ2v) is 7.69. The molecule has 2 aromatic carbocycles. The normalized spacial score (nSPS) is 20.2. The first-order chi connectivity index (χ1) is 13.5. The first-order valence-corrected chi connectivity index (χ1v) is 9.66. The zero-order valence-corrected chi connectivity index (χ0v) is 16.0. The summed E-state index contributed by atoms with van der Waals surface area (Å²) in [6, 6.07) is 14.8. The monoisotopic (exact) mass is 379 g/mol. The first-order valence-electron chi connectivity index (χ1n) is 9.66. The lowest BCUT2D eigenvalue weighted by atomic mass is 9.80. The third-order valence-electron chi connectivity index (χ3n) is 5.69. The number of amides is 2. The summed E-state index contributed by atoms with van der Waals surface area (Å²) in [7, 11) is 0. The Hall–Kier alpha value is -3.02. The average molecular weight is 379 g/mol. The average Bonchev–Trinajstić information content (AvgIpc) is 2.68. The number of hydrogen-bond acceptors (Lipinski definition) is 4. The molecule has 0 radical (unpaired) electrons. The molecule has 2 aliphatic rings. The van der Waals surface area contributed by atoms with Crippen molar-refractivity contribution in [2.45, 2.75) is 37.8 Å². The van der Waals surface area contributed by atoms with Crippen molar-refractivity contribution in [1.29, 1.82) is 0 Å². The molecule has 1 unspecified atom stereocenters. The van der Waals surface area contributed by atoms with Gasteiger partial charge in [-0.2, -0.15) is 0 Å². The van der Waals surface area contributed by atoms with Crippen LogP contribution in [0, 0.1) is 0 Å². The molecule has 146 valence electrons. The van der Waals surface area contributed by atoms with E-state index in [1.807, 2.05) is 29.2 Å². The molecule has 6 heteroatoms. The summed E-state index contributed by atoms with van der Waals surface area (Å²) >= 11 is 0. The molecule has 0 aliphatic carbocycles. The second kappa shape index (κ2) is 7.19. The van der Waals surface area contributed by atoms with E-state index in [1.54, 1.807) is 31.2 Å². The highest BCUT2D eigenvalue weighted by Crippen LogP contribution is 2.44. The number of rotatable bonds is 2. The van der Waals surface area contributed by atoms with Crippen LogP contribution in [0.5, 0.6) is 5.75 Å². The molecule has 2 aromatic rings. The van der Waals surface area contributed by atoms with Crippen LogP contribution in [0.1, 0.15) is 48.1 Å². The molecule has 1 spiro atoms. The van der Waals surface area contributed by atoms with Crippen molar-refractivity contribution in [1.82, 2.24) is 10.2 Å². The number of piperidine rings is 1. The largest absolute Gasteiger partial charge is 0.487 e. The molecule has 0 bridgehead atoms. The Morgan fingerprint density at radius 1 is 1.11 bits per heavy atom. The number of nitrogens with one attached hydrogen (secondary N) is 1. The minimum absolute atomic E-state index is 0.0180. The molecular weight excluding hydrogens is 354 g/mol. The molecule has 1 fully saturated rings. The Morgan fingerprint density at radius 2 is 1.79 bits per heavy atom. The Bertz CT molecular complexity index is 886. The van der Waals surface area contributed by atoms with Crippen LogP contribution >= 0.6 is 0 Å². The number of carbonyl (C=O) groups is 2. The fourth-order valence-corrected chi connectivity index (χ4v) is 4.22. The van der Waals surface area contributed by atoms with Gasteiger partial charge in [-0.05, 0) is 30.3 Å². The zero-order chi connectivity index (χ0) is 19.7. The van der Waals surface area contributed by atoms with Crippen molar-refractivity contribution in [2.75, 3.05) is 18.8 Å². The molecule has 3 N–H and O–H groups in total. The number of nitrogen functional groups attached to an aromatic ring is 1. The van der Waals surface area contributed by atoms with E-state index in [2.05, 4.69) is 5.32 Å². The third-order valence-corrected chi connectivity index (χ3v) is 5.69. The van der Waals surface area contributed by atoms with Gasteiger partial charge in [0.15, 0.2) is 0 Å². The lowest BCUT2D eigenvalue weighted by Gasteiger charge is -2.47. The van der Waals surface area contributed by atoms with Crippen molar-refractivity contribution >= 4 is 17.5 Å². The second-order valence-electron chi connectivity index (χ2n) is 7.69. The maximum Gasteiger partial charge on any atom is 0.253 e. The van der Waals surface area contributed by atoms with Crippen molar-refractivity contribution in [3.8, 4) is 5.75 Å². The van der Waals surface area contributed by atoms with E-state index in [0.29, 0.717) is 30.8 Å². The topological polar surface area (TPSA) is 84.7 Å². The van der Waals surface area contributed by atoms with Gasteiger partial charge in [-0.15, -0.1) is 0 Å². The Labute approximate surface area is 164 Å². The van der Waals surface area contributed by atoms with Crippen LogP contribution in [-0.4, -0.2) is 35.4 Å². The number of likely N-dealkylation sites (tertiary alicyclic amines) is 1. The van der Waals surface area contributed by atoms with E-state index < -0.39 is 0 Å². The molecule has 2 aliphatic heterocycles. The summed E-state index contributed by atoms with van der Waals surface area (Å²) in [5, 5.41) is 3.06. The molecule has 0 aromatic heterocycles. The van der Waals surface area contributed by atoms with Crippen molar-refractivity contribution < 1.29 is 14.3 Å². The van der Waals surface area contributed by atoms with Gasteiger partial charge in [0.2, 0.25) is 5.91 Å². The molecule has 0 saturated carbocycles. The van der Waals surface area contributed by atoms with Crippen LogP contribution in [-0.2, 0) is 4.79 Å². The van der Waals surface area contributed by atoms with Gasteiger partial charge in [-0.1, -0.05) is 18.2 Å². The number of carbonyl (C=O) groups excluding carboxylic acids is 2. The standard InChI is InChI=1S/C22H25N3O3/c1-15(26)24-19-14-22(28-20-5-3-2-4-18(19)20)10-12-25(13-11-22)21(27)16-6-8-17(23)9-7-16/h2-9,19H,10-14,23H2,1H3,(H,24,26). The van der Waals surface area contributed by atoms with Crippen LogP contribution in [0.2, 0.25) is 0 Å². The number of ether oxygens (including phenoxy) is 1. The maximum absolute atomic E-state index is 12.8.